The highest BCUT2D eigenvalue weighted by atomic mass is 32.1. The van der Waals surface area contributed by atoms with Crippen molar-refractivity contribution in [1.82, 2.24) is 0 Å². The van der Waals surface area contributed by atoms with Gasteiger partial charge in [-0.15, -0.1) is 0 Å². The van der Waals surface area contributed by atoms with E-state index >= 15 is 0 Å². The van der Waals surface area contributed by atoms with E-state index in [-0.39, 0.29) is 0 Å². The molecule has 0 saturated carbocycles. The second-order valence-corrected chi connectivity index (χ2v) is 5.07. The second-order valence-electron chi connectivity index (χ2n) is 4.16. The average molecular weight is 237 g/mol. The third-order valence-corrected chi connectivity index (χ3v) is 4.06. The van der Waals surface area contributed by atoms with Crippen molar-refractivity contribution in [3.8, 4) is 11.1 Å². The van der Waals surface area contributed by atoms with Gasteiger partial charge in [0.25, 0.3) is 0 Å². The van der Waals surface area contributed by atoms with Crippen molar-refractivity contribution in [3.63, 3.8) is 0 Å². The Labute approximate surface area is 105 Å². The van der Waals surface area contributed by atoms with Crippen molar-refractivity contribution < 1.29 is 0 Å². The number of aryl methyl sites for hydroxylation is 1. The molecule has 0 bridgehead atoms. The van der Waals surface area contributed by atoms with E-state index in [1.807, 2.05) is 11.3 Å². The van der Waals surface area contributed by atoms with Crippen LogP contribution in [-0.2, 0) is 0 Å². The minimum atomic E-state index is 1.30. The summed E-state index contributed by atoms with van der Waals surface area (Å²) >= 11 is 1.81. The Morgan fingerprint density at radius 1 is 0.824 bits per heavy atom. The van der Waals surface area contributed by atoms with Crippen LogP contribution in [0.1, 0.15) is 5.56 Å². The van der Waals surface area contributed by atoms with Gasteiger partial charge in [-0.2, -0.15) is 0 Å². The monoisotopic (exact) mass is 237 g/mol. The predicted molar refractivity (Wildman–Crippen MR) is 76.4 cm³/mol. The summed E-state index contributed by atoms with van der Waals surface area (Å²) in [6, 6.07) is 19.2. The van der Waals surface area contributed by atoms with Crippen molar-refractivity contribution in [2.75, 3.05) is 0 Å². The zero-order valence-electron chi connectivity index (χ0n) is 9.68. The van der Waals surface area contributed by atoms with Crippen LogP contribution in [0.3, 0.4) is 0 Å². The third kappa shape index (κ3) is 1.83. The molecule has 82 valence electrons. The Morgan fingerprint density at radius 2 is 1.53 bits per heavy atom. The minimum Gasteiger partial charge on any atom is -0.0622 e. The Bertz CT molecular complexity index is 657. The second kappa shape index (κ2) is 4.27. The van der Waals surface area contributed by atoms with Gasteiger partial charge in [0, 0.05) is 22.6 Å². The molecule has 3 rings (SSSR count). The third-order valence-electron chi connectivity index (χ3n) is 2.98. The molecule has 0 amide bonds. The molecule has 0 fully saturated rings. The molecule has 2 aromatic carbocycles. The standard InChI is InChI=1S/C16H13S/c1-12-11-17-15-10-6-5-9-14(15)16(12)13-7-3-2-4-8-13/h2-11H,1H3/q+1. The molecule has 0 unspecified atom stereocenters. The molecular formula is C16H13S+. The molecule has 17 heavy (non-hydrogen) atoms. The van der Waals surface area contributed by atoms with Crippen LogP contribution in [0, 0.1) is 6.92 Å². The van der Waals surface area contributed by atoms with E-state index in [0.29, 0.717) is 0 Å². The summed E-state index contributed by atoms with van der Waals surface area (Å²) in [5.74, 6) is 0. The lowest BCUT2D eigenvalue weighted by atomic mass is 9.99. The molecule has 0 spiro atoms. The van der Waals surface area contributed by atoms with Crippen LogP contribution in [0.15, 0.2) is 60.0 Å². The van der Waals surface area contributed by atoms with E-state index < -0.39 is 0 Å². The molecule has 1 aromatic heterocycles. The highest BCUT2D eigenvalue weighted by Crippen LogP contribution is 2.33. The molecule has 0 aliphatic rings. The van der Waals surface area contributed by atoms with Crippen molar-refractivity contribution >= 4 is 21.4 Å². The number of rotatable bonds is 1. The van der Waals surface area contributed by atoms with Crippen LogP contribution >= 0.6 is 11.3 Å². The zero-order valence-corrected chi connectivity index (χ0v) is 10.5. The maximum absolute atomic E-state index is 2.24. The lowest BCUT2D eigenvalue weighted by molar-refractivity contribution is 1.52. The van der Waals surface area contributed by atoms with Gasteiger partial charge >= 0.3 is 0 Å². The first-order valence-electron chi connectivity index (χ1n) is 5.72. The van der Waals surface area contributed by atoms with Gasteiger partial charge in [0.15, 0.2) is 5.38 Å². The van der Waals surface area contributed by atoms with E-state index in [4.69, 9.17) is 0 Å². The van der Waals surface area contributed by atoms with Gasteiger partial charge < -0.3 is 0 Å². The van der Waals surface area contributed by atoms with E-state index in [0.717, 1.165) is 0 Å². The van der Waals surface area contributed by atoms with Gasteiger partial charge in [-0.05, 0) is 18.6 Å². The Morgan fingerprint density at radius 3 is 2.35 bits per heavy atom. The molecule has 0 atom stereocenters. The quantitative estimate of drug-likeness (QED) is 0.513. The van der Waals surface area contributed by atoms with Crippen molar-refractivity contribution in [1.29, 1.82) is 0 Å². The normalized spacial score (nSPS) is 10.6. The predicted octanol–water partition coefficient (Wildman–Crippen LogP) is 5.16. The maximum atomic E-state index is 2.24. The van der Waals surface area contributed by atoms with Crippen molar-refractivity contribution in [2.24, 2.45) is 0 Å². The maximum Gasteiger partial charge on any atom is 0.238 e. The van der Waals surface area contributed by atoms with Gasteiger partial charge in [-0.25, -0.2) is 0 Å². The van der Waals surface area contributed by atoms with Crippen LogP contribution < -0.4 is 0 Å². The van der Waals surface area contributed by atoms with Crippen molar-refractivity contribution in [3.05, 3.63) is 65.5 Å². The molecular weight excluding hydrogens is 224 g/mol. The average Bonchev–Trinajstić information content (AvgIpc) is 2.39. The fourth-order valence-corrected chi connectivity index (χ4v) is 3.06. The number of hydrogen-bond donors (Lipinski definition) is 0. The first-order chi connectivity index (χ1) is 8.36. The van der Waals surface area contributed by atoms with Crippen LogP contribution in [0.25, 0.3) is 21.2 Å². The van der Waals surface area contributed by atoms with Crippen LogP contribution in [0.2, 0.25) is 0 Å². The van der Waals surface area contributed by atoms with E-state index in [9.17, 15) is 0 Å². The first kappa shape index (κ1) is 10.4. The van der Waals surface area contributed by atoms with Crippen molar-refractivity contribution in [2.45, 2.75) is 6.92 Å². The highest BCUT2D eigenvalue weighted by Gasteiger charge is 2.13. The number of benzene rings is 2. The molecule has 0 radical (unpaired) electrons. The topological polar surface area (TPSA) is 0 Å². The Kier molecular flexibility index (Phi) is 2.62. The van der Waals surface area contributed by atoms with Gasteiger partial charge in [-0.3, -0.25) is 0 Å². The van der Waals surface area contributed by atoms with Crippen LogP contribution in [0.4, 0.5) is 0 Å². The lowest BCUT2D eigenvalue weighted by Crippen LogP contribution is -1.84. The lowest BCUT2D eigenvalue weighted by Gasteiger charge is -2.05. The molecule has 0 aliphatic carbocycles. The van der Waals surface area contributed by atoms with E-state index in [2.05, 4.69) is 66.9 Å². The summed E-state index contributed by atoms with van der Waals surface area (Å²) in [5, 5.41) is 3.59. The number of hydrogen-bond acceptors (Lipinski definition) is 0. The molecule has 1 heterocycles. The molecule has 3 aromatic rings. The minimum absolute atomic E-state index is 1.30. The smallest absolute Gasteiger partial charge is 0.0622 e. The fraction of sp³-hybridized carbons (Fsp3) is 0.0625. The molecule has 1 heteroatoms. The van der Waals surface area contributed by atoms with E-state index in [1.165, 1.54) is 26.8 Å². The van der Waals surface area contributed by atoms with Gasteiger partial charge in [0.05, 0.1) is 0 Å². The molecule has 0 saturated heterocycles. The van der Waals surface area contributed by atoms with E-state index in [1.54, 1.807) is 0 Å². The summed E-state index contributed by atoms with van der Waals surface area (Å²) in [4.78, 5) is 0. The summed E-state index contributed by atoms with van der Waals surface area (Å²) in [7, 11) is 0. The SMILES string of the molecule is Cc1c[s+]c2ccccc2c1-c1ccccc1. The molecule has 0 N–H and O–H groups in total. The van der Waals surface area contributed by atoms with Gasteiger partial charge in [-0.1, -0.05) is 42.5 Å². The zero-order chi connectivity index (χ0) is 11.7. The molecule has 0 aliphatic heterocycles. The summed E-state index contributed by atoms with van der Waals surface area (Å²) in [6.07, 6.45) is 0. The van der Waals surface area contributed by atoms with Crippen LogP contribution in [-0.4, -0.2) is 0 Å². The molecule has 0 nitrogen and oxygen atoms in total. The first-order valence-corrected chi connectivity index (χ1v) is 6.60. The summed E-state index contributed by atoms with van der Waals surface area (Å²) in [5.41, 5.74) is 4.01. The fourth-order valence-electron chi connectivity index (χ4n) is 2.19. The highest BCUT2D eigenvalue weighted by molar-refractivity contribution is 7.16. The summed E-state index contributed by atoms with van der Waals surface area (Å²) in [6.45, 7) is 2.19. The number of fused-ring (bicyclic) bond motifs is 1. The largest absolute Gasteiger partial charge is 0.238 e. The van der Waals surface area contributed by atoms with Gasteiger partial charge in [0.1, 0.15) is 0 Å². The Balaban J connectivity index is 2.39. The Hall–Kier alpha value is -1.73. The van der Waals surface area contributed by atoms with Crippen LogP contribution in [0.5, 0.6) is 0 Å². The van der Waals surface area contributed by atoms with Gasteiger partial charge in [0.2, 0.25) is 16.0 Å². The summed E-state index contributed by atoms with van der Waals surface area (Å²) < 4.78 is 1.34.